The second-order valence-electron chi connectivity index (χ2n) is 4.48. The second-order valence-corrected chi connectivity index (χ2v) is 4.48. The Morgan fingerprint density at radius 2 is 2.21 bits per heavy atom. The van der Waals surface area contributed by atoms with Gasteiger partial charge in [-0.05, 0) is 25.5 Å². The molecule has 4 nitrogen and oxygen atoms in total. The number of nitrogens with zero attached hydrogens (tertiary/aromatic N) is 3. The lowest BCUT2D eigenvalue weighted by Crippen LogP contribution is -2.13. The molecule has 100 valence electrons. The Hall–Kier alpha value is -2.04. The molecule has 1 aromatic heterocycles. The van der Waals surface area contributed by atoms with Crippen LogP contribution in [0.15, 0.2) is 24.5 Å². The fourth-order valence-electron chi connectivity index (χ4n) is 1.92. The highest BCUT2D eigenvalue weighted by Crippen LogP contribution is 2.13. The third-order valence-corrected chi connectivity index (χ3v) is 2.87. The summed E-state index contributed by atoms with van der Waals surface area (Å²) in [4.78, 5) is 16.2. The molecule has 0 atom stereocenters. The third kappa shape index (κ3) is 3.05. The predicted octanol–water partition coefficient (Wildman–Crippen LogP) is 2.56. The molecule has 0 unspecified atom stereocenters. The number of Topliss-reactive ketones (excluding diaryl/α,β-unsaturated/α-hetero) is 1. The number of halogens is 1. The zero-order valence-electron chi connectivity index (χ0n) is 11.1. The van der Waals surface area contributed by atoms with Gasteiger partial charge in [0.2, 0.25) is 0 Å². The molecule has 0 aliphatic heterocycles. The minimum atomic E-state index is -0.489. The van der Waals surface area contributed by atoms with Crippen LogP contribution in [0, 0.1) is 12.7 Å². The van der Waals surface area contributed by atoms with E-state index < -0.39 is 5.82 Å². The number of aromatic nitrogens is 3. The first-order valence-electron chi connectivity index (χ1n) is 6.28. The third-order valence-electron chi connectivity index (χ3n) is 2.87. The lowest BCUT2D eigenvalue weighted by Gasteiger charge is -2.05. The van der Waals surface area contributed by atoms with Crippen LogP contribution in [-0.4, -0.2) is 20.5 Å². The number of aryl methyl sites for hydroxylation is 2. The monoisotopic (exact) mass is 261 g/mol. The zero-order chi connectivity index (χ0) is 13.8. The van der Waals surface area contributed by atoms with E-state index in [-0.39, 0.29) is 17.8 Å². The fourth-order valence-corrected chi connectivity index (χ4v) is 1.92. The van der Waals surface area contributed by atoms with Gasteiger partial charge in [0.1, 0.15) is 18.0 Å². The average Bonchev–Trinajstić information content (AvgIpc) is 2.80. The predicted molar refractivity (Wildman–Crippen MR) is 69.5 cm³/mol. The van der Waals surface area contributed by atoms with Crippen molar-refractivity contribution in [2.75, 3.05) is 0 Å². The summed E-state index contributed by atoms with van der Waals surface area (Å²) >= 11 is 0. The van der Waals surface area contributed by atoms with Crippen LogP contribution in [0.3, 0.4) is 0 Å². The Kier molecular flexibility index (Phi) is 4.04. The molecule has 2 rings (SSSR count). The summed E-state index contributed by atoms with van der Waals surface area (Å²) in [6.07, 6.45) is 2.40. The number of carbonyl (C=O) groups is 1. The Morgan fingerprint density at radius 1 is 1.42 bits per heavy atom. The van der Waals surface area contributed by atoms with Crippen molar-refractivity contribution in [1.29, 1.82) is 0 Å². The van der Waals surface area contributed by atoms with Crippen molar-refractivity contribution < 1.29 is 9.18 Å². The van der Waals surface area contributed by atoms with Crippen molar-refractivity contribution in [3.05, 3.63) is 47.3 Å². The Balaban J connectivity index is 2.21. The summed E-state index contributed by atoms with van der Waals surface area (Å²) in [5.41, 5.74) is 0.978. The lowest BCUT2D eigenvalue weighted by molar-refractivity contribution is 0.0985. The Labute approximate surface area is 111 Å². The molecule has 0 spiro atoms. The number of ketones is 1. The topological polar surface area (TPSA) is 47.8 Å². The number of carbonyl (C=O) groups excluding carboxylic acids is 1. The van der Waals surface area contributed by atoms with E-state index in [1.165, 1.54) is 12.4 Å². The molecular formula is C14H16FN3O. The summed E-state index contributed by atoms with van der Waals surface area (Å²) in [7, 11) is 0. The van der Waals surface area contributed by atoms with Crippen molar-refractivity contribution in [2.45, 2.75) is 33.2 Å². The van der Waals surface area contributed by atoms with E-state index in [1.807, 2.05) is 13.8 Å². The van der Waals surface area contributed by atoms with Crippen LogP contribution in [-0.2, 0) is 13.0 Å². The number of hydrogen-bond acceptors (Lipinski definition) is 3. The largest absolute Gasteiger partial charge is 0.294 e. The van der Waals surface area contributed by atoms with E-state index in [0.717, 1.165) is 12.0 Å². The lowest BCUT2D eigenvalue weighted by atomic mass is 10.0. The van der Waals surface area contributed by atoms with Crippen molar-refractivity contribution >= 4 is 5.78 Å². The minimum Gasteiger partial charge on any atom is -0.294 e. The maximum Gasteiger partial charge on any atom is 0.173 e. The van der Waals surface area contributed by atoms with Gasteiger partial charge in [0.25, 0.3) is 0 Å². The quantitative estimate of drug-likeness (QED) is 0.777. The molecule has 19 heavy (non-hydrogen) atoms. The maximum atomic E-state index is 13.6. The Bertz CT molecular complexity index is 592. The molecule has 0 N–H and O–H groups in total. The van der Waals surface area contributed by atoms with Crippen LogP contribution in [0.1, 0.15) is 35.1 Å². The Morgan fingerprint density at radius 3 is 2.95 bits per heavy atom. The standard InChI is InChI=1S/C14H16FN3O/c1-3-6-18-14(16-9-17-18)8-13(19)11-7-10(2)4-5-12(11)15/h4-5,7,9H,3,6,8H2,1-2H3. The van der Waals surface area contributed by atoms with Crippen molar-refractivity contribution in [3.63, 3.8) is 0 Å². The van der Waals surface area contributed by atoms with Gasteiger partial charge < -0.3 is 0 Å². The van der Waals surface area contributed by atoms with Crippen LogP contribution in [0.4, 0.5) is 4.39 Å². The summed E-state index contributed by atoms with van der Waals surface area (Å²) in [5.74, 6) is -0.184. The van der Waals surface area contributed by atoms with Gasteiger partial charge in [-0.2, -0.15) is 5.10 Å². The van der Waals surface area contributed by atoms with Crippen LogP contribution in [0.25, 0.3) is 0 Å². The number of hydrogen-bond donors (Lipinski definition) is 0. The van der Waals surface area contributed by atoms with Crippen molar-refractivity contribution in [1.82, 2.24) is 14.8 Å². The minimum absolute atomic E-state index is 0.0698. The van der Waals surface area contributed by atoms with E-state index in [9.17, 15) is 9.18 Å². The number of benzene rings is 1. The molecule has 0 fully saturated rings. The first-order valence-corrected chi connectivity index (χ1v) is 6.28. The molecule has 2 aromatic rings. The van der Waals surface area contributed by atoms with Gasteiger partial charge in [-0.1, -0.05) is 18.6 Å². The van der Waals surface area contributed by atoms with Gasteiger partial charge in [0, 0.05) is 6.54 Å². The van der Waals surface area contributed by atoms with Crippen LogP contribution >= 0.6 is 0 Å². The fraction of sp³-hybridized carbons (Fsp3) is 0.357. The van der Waals surface area contributed by atoms with Crippen molar-refractivity contribution in [3.8, 4) is 0 Å². The molecular weight excluding hydrogens is 245 g/mol. The number of rotatable bonds is 5. The van der Waals surface area contributed by atoms with E-state index in [1.54, 1.807) is 16.8 Å². The van der Waals surface area contributed by atoms with E-state index in [4.69, 9.17) is 0 Å². The highest BCUT2D eigenvalue weighted by molar-refractivity contribution is 5.97. The zero-order valence-corrected chi connectivity index (χ0v) is 11.1. The highest BCUT2D eigenvalue weighted by Gasteiger charge is 2.15. The molecule has 1 aromatic carbocycles. The first-order chi connectivity index (χ1) is 9.11. The van der Waals surface area contributed by atoms with Gasteiger partial charge in [0.05, 0.1) is 12.0 Å². The smallest absolute Gasteiger partial charge is 0.173 e. The van der Waals surface area contributed by atoms with E-state index >= 15 is 0 Å². The molecule has 0 radical (unpaired) electrons. The molecule has 0 aliphatic carbocycles. The van der Waals surface area contributed by atoms with E-state index in [0.29, 0.717) is 12.4 Å². The summed E-state index contributed by atoms with van der Waals surface area (Å²) in [6, 6.07) is 4.53. The summed E-state index contributed by atoms with van der Waals surface area (Å²) < 4.78 is 15.3. The van der Waals surface area contributed by atoms with Gasteiger partial charge in [0.15, 0.2) is 5.78 Å². The van der Waals surface area contributed by atoms with Crippen LogP contribution in [0.2, 0.25) is 0 Å². The van der Waals surface area contributed by atoms with Gasteiger partial charge in [-0.25, -0.2) is 14.1 Å². The molecule has 5 heteroatoms. The normalized spacial score (nSPS) is 10.7. The van der Waals surface area contributed by atoms with Crippen LogP contribution in [0.5, 0.6) is 0 Å². The summed E-state index contributed by atoms with van der Waals surface area (Å²) in [5, 5.41) is 4.05. The van der Waals surface area contributed by atoms with Crippen LogP contribution < -0.4 is 0 Å². The molecule has 0 saturated heterocycles. The maximum absolute atomic E-state index is 13.6. The average molecular weight is 261 g/mol. The summed E-state index contributed by atoms with van der Waals surface area (Å²) in [6.45, 7) is 4.56. The second kappa shape index (κ2) is 5.73. The highest BCUT2D eigenvalue weighted by atomic mass is 19.1. The first kappa shape index (κ1) is 13.4. The van der Waals surface area contributed by atoms with Gasteiger partial charge >= 0.3 is 0 Å². The molecule has 0 aliphatic rings. The molecule has 0 bridgehead atoms. The van der Waals surface area contributed by atoms with E-state index in [2.05, 4.69) is 10.1 Å². The van der Waals surface area contributed by atoms with Gasteiger partial charge in [-0.3, -0.25) is 4.79 Å². The SMILES string of the molecule is CCCn1ncnc1CC(=O)c1cc(C)ccc1F. The van der Waals surface area contributed by atoms with Crippen molar-refractivity contribution in [2.24, 2.45) is 0 Å². The molecule has 0 amide bonds. The van der Waals surface area contributed by atoms with Gasteiger partial charge in [-0.15, -0.1) is 0 Å². The molecule has 1 heterocycles. The molecule has 0 saturated carbocycles.